The van der Waals surface area contributed by atoms with Crippen molar-refractivity contribution in [1.29, 1.82) is 0 Å². The summed E-state index contributed by atoms with van der Waals surface area (Å²) >= 11 is 0. The van der Waals surface area contributed by atoms with Crippen molar-refractivity contribution in [3.8, 4) is 0 Å². The molecule has 2 rings (SSSR count). The quantitative estimate of drug-likeness (QED) is 0.573. The number of hydrogen-bond acceptors (Lipinski definition) is 2. The van der Waals surface area contributed by atoms with Gasteiger partial charge in [-0.3, -0.25) is 0 Å². The molecule has 2 aliphatic rings. The molecule has 1 fully saturated rings. The Bertz CT molecular complexity index is 224. The summed E-state index contributed by atoms with van der Waals surface area (Å²) in [5, 5.41) is 0. The van der Waals surface area contributed by atoms with Crippen molar-refractivity contribution in [2.24, 2.45) is 0 Å². The highest BCUT2D eigenvalue weighted by atomic mass is 16.7. The average Bonchev–Trinajstić information content (AvgIpc) is 2.14. The van der Waals surface area contributed by atoms with Crippen LogP contribution in [0.5, 0.6) is 0 Å². The van der Waals surface area contributed by atoms with Gasteiger partial charge in [0.2, 0.25) is 5.79 Å². The summed E-state index contributed by atoms with van der Waals surface area (Å²) in [6.45, 7) is 4.88. The third kappa shape index (κ3) is 1.73. The second kappa shape index (κ2) is 3.33. The molecule has 0 unspecified atom stereocenters. The largest absolute Gasteiger partial charge is 0.467 e. The Morgan fingerprint density at radius 3 is 2.38 bits per heavy atom. The Balaban J connectivity index is 2.09. The monoisotopic (exact) mass is 182 g/mol. The van der Waals surface area contributed by atoms with Gasteiger partial charge in [-0.2, -0.15) is 0 Å². The van der Waals surface area contributed by atoms with E-state index >= 15 is 0 Å². The molecule has 0 amide bonds. The van der Waals surface area contributed by atoms with E-state index in [1.807, 2.05) is 6.92 Å². The molecular weight excluding hydrogens is 164 g/mol. The Kier molecular flexibility index (Phi) is 2.33. The zero-order valence-electron chi connectivity index (χ0n) is 8.56. The molecule has 2 heteroatoms. The maximum Gasteiger partial charge on any atom is 0.210 e. The number of ether oxygens (including phenoxy) is 2. The Hall–Kier alpha value is -0.500. The van der Waals surface area contributed by atoms with Gasteiger partial charge in [0.1, 0.15) is 0 Å². The van der Waals surface area contributed by atoms with Crippen LogP contribution in [0.15, 0.2) is 11.3 Å². The van der Waals surface area contributed by atoms with Crippen LogP contribution in [0.2, 0.25) is 0 Å². The maximum atomic E-state index is 5.88. The minimum atomic E-state index is -0.248. The molecule has 0 radical (unpaired) electrons. The van der Waals surface area contributed by atoms with Crippen molar-refractivity contribution in [2.45, 2.75) is 51.7 Å². The molecule has 1 aliphatic heterocycles. The first kappa shape index (κ1) is 9.07. The van der Waals surface area contributed by atoms with Gasteiger partial charge < -0.3 is 9.47 Å². The molecule has 0 aromatic carbocycles. The highest BCUT2D eigenvalue weighted by Crippen LogP contribution is 2.37. The molecule has 1 spiro atoms. The van der Waals surface area contributed by atoms with Crippen LogP contribution >= 0.6 is 0 Å². The van der Waals surface area contributed by atoms with E-state index in [2.05, 4.69) is 6.92 Å². The van der Waals surface area contributed by atoms with Gasteiger partial charge in [0.25, 0.3) is 0 Å². The smallest absolute Gasteiger partial charge is 0.210 e. The molecule has 1 aliphatic carbocycles. The fourth-order valence-corrected chi connectivity index (χ4v) is 2.07. The molecule has 0 atom stereocenters. The van der Waals surface area contributed by atoms with E-state index < -0.39 is 0 Å². The highest BCUT2D eigenvalue weighted by Gasteiger charge is 2.37. The van der Waals surface area contributed by atoms with Gasteiger partial charge in [0.05, 0.1) is 12.4 Å². The van der Waals surface area contributed by atoms with E-state index in [0.29, 0.717) is 0 Å². The summed E-state index contributed by atoms with van der Waals surface area (Å²) in [6.07, 6.45) is 5.95. The molecular formula is C11H18O2. The van der Waals surface area contributed by atoms with Crippen molar-refractivity contribution in [3.63, 3.8) is 0 Å². The minimum Gasteiger partial charge on any atom is -0.467 e. The zero-order chi connectivity index (χ0) is 9.31. The van der Waals surface area contributed by atoms with Crippen molar-refractivity contribution in [3.05, 3.63) is 11.3 Å². The van der Waals surface area contributed by atoms with E-state index in [4.69, 9.17) is 9.47 Å². The van der Waals surface area contributed by atoms with E-state index in [9.17, 15) is 0 Å². The van der Waals surface area contributed by atoms with E-state index in [0.717, 1.165) is 25.2 Å². The molecule has 13 heavy (non-hydrogen) atoms. The summed E-state index contributed by atoms with van der Waals surface area (Å²) in [6, 6.07) is 0. The van der Waals surface area contributed by atoms with Crippen molar-refractivity contribution < 1.29 is 9.47 Å². The summed E-state index contributed by atoms with van der Waals surface area (Å²) in [5.41, 5.74) is 1.23. The predicted octanol–water partition coefficient (Wildman–Crippen LogP) is 2.99. The van der Waals surface area contributed by atoms with Crippen LogP contribution in [0.3, 0.4) is 0 Å². The van der Waals surface area contributed by atoms with E-state index in [1.54, 1.807) is 0 Å². The fraction of sp³-hybridized carbons (Fsp3) is 0.818. The average molecular weight is 182 g/mol. The van der Waals surface area contributed by atoms with Crippen LogP contribution in [0.4, 0.5) is 0 Å². The van der Waals surface area contributed by atoms with Crippen molar-refractivity contribution in [1.82, 2.24) is 0 Å². The number of rotatable bonds is 0. The van der Waals surface area contributed by atoms with Crippen LogP contribution in [-0.2, 0) is 9.47 Å². The third-order valence-electron chi connectivity index (χ3n) is 3.11. The van der Waals surface area contributed by atoms with Crippen LogP contribution in [0.25, 0.3) is 0 Å². The van der Waals surface area contributed by atoms with Gasteiger partial charge in [-0.15, -0.1) is 0 Å². The number of allylic oxidation sites excluding steroid dienone is 1. The lowest BCUT2D eigenvalue weighted by molar-refractivity contribution is -0.240. The van der Waals surface area contributed by atoms with Gasteiger partial charge in [0.15, 0.2) is 0 Å². The van der Waals surface area contributed by atoms with Crippen LogP contribution in [0, 0.1) is 0 Å². The topological polar surface area (TPSA) is 18.5 Å². The van der Waals surface area contributed by atoms with Gasteiger partial charge >= 0.3 is 0 Å². The molecule has 74 valence electrons. The third-order valence-corrected chi connectivity index (χ3v) is 3.11. The van der Waals surface area contributed by atoms with Gasteiger partial charge in [-0.25, -0.2) is 0 Å². The summed E-state index contributed by atoms with van der Waals surface area (Å²) < 4.78 is 11.7. The second-order valence-electron chi connectivity index (χ2n) is 4.20. The van der Waals surface area contributed by atoms with Crippen LogP contribution in [0.1, 0.15) is 46.0 Å². The molecule has 1 heterocycles. The molecule has 0 saturated heterocycles. The van der Waals surface area contributed by atoms with Gasteiger partial charge in [-0.05, 0) is 32.3 Å². The van der Waals surface area contributed by atoms with Gasteiger partial charge in [-0.1, -0.05) is 6.42 Å². The predicted molar refractivity (Wildman–Crippen MR) is 51.2 cm³/mol. The Labute approximate surface area is 79.9 Å². The Morgan fingerprint density at radius 2 is 1.77 bits per heavy atom. The first-order valence-electron chi connectivity index (χ1n) is 5.21. The summed E-state index contributed by atoms with van der Waals surface area (Å²) in [5.74, 6) is 0.829. The molecule has 0 bridgehead atoms. The maximum absolute atomic E-state index is 5.88. The molecule has 1 saturated carbocycles. The van der Waals surface area contributed by atoms with Crippen LogP contribution in [-0.4, -0.2) is 12.4 Å². The molecule has 0 aromatic rings. The van der Waals surface area contributed by atoms with E-state index in [-0.39, 0.29) is 5.79 Å². The number of hydrogen-bond donors (Lipinski definition) is 0. The SMILES string of the molecule is CC1=C(C)OC2(CCCCC2)OC1. The Morgan fingerprint density at radius 1 is 1.08 bits per heavy atom. The summed E-state index contributed by atoms with van der Waals surface area (Å²) in [7, 11) is 0. The minimum absolute atomic E-state index is 0.248. The zero-order valence-corrected chi connectivity index (χ0v) is 8.56. The molecule has 0 aromatic heterocycles. The second-order valence-corrected chi connectivity index (χ2v) is 4.20. The lowest BCUT2D eigenvalue weighted by Gasteiger charge is -2.41. The highest BCUT2D eigenvalue weighted by molar-refractivity contribution is 5.07. The van der Waals surface area contributed by atoms with Crippen molar-refractivity contribution in [2.75, 3.05) is 6.61 Å². The van der Waals surface area contributed by atoms with Gasteiger partial charge in [0, 0.05) is 12.8 Å². The van der Waals surface area contributed by atoms with Crippen molar-refractivity contribution >= 4 is 0 Å². The first-order chi connectivity index (χ1) is 6.22. The lowest BCUT2D eigenvalue weighted by Crippen LogP contribution is -2.41. The lowest BCUT2D eigenvalue weighted by atomic mass is 9.93. The fourth-order valence-electron chi connectivity index (χ4n) is 2.07. The molecule has 0 N–H and O–H groups in total. The standard InChI is InChI=1S/C11H18O2/c1-9-8-12-11(13-10(9)2)6-4-3-5-7-11/h3-8H2,1-2H3. The first-order valence-corrected chi connectivity index (χ1v) is 5.21. The summed E-state index contributed by atoms with van der Waals surface area (Å²) in [4.78, 5) is 0. The normalized spacial score (nSPS) is 27.5. The molecule has 2 nitrogen and oxygen atoms in total. The van der Waals surface area contributed by atoms with E-state index in [1.165, 1.54) is 24.8 Å². The van der Waals surface area contributed by atoms with Crippen LogP contribution < -0.4 is 0 Å².